The molecular weight excluding hydrogens is 416 g/mol. The first-order valence-electron chi connectivity index (χ1n) is 9.05. The minimum atomic E-state index is 0.680. The van der Waals surface area contributed by atoms with E-state index in [1.165, 1.54) is 5.56 Å². The molecule has 5 nitrogen and oxygen atoms in total. The van der Waals surface area contributed by atoms with Crippen LogP contribution in [-0.4, -0.2) is 28.6 Å². The summed E-state index contributed by atoms with van der Waals surface area (Å²) in [5.41, 5.74) is 4.25. The third-order valence-corrected chi connectivity index (χ3v) is 5.49. The van der Waals surface area contributed by atoms with Gasteiger partial charge in [-0.3, -0.25) is 4.98 Å². The zero-order valence-electron chi connectivity index (χ0n) is 15.3. The van der Waals surface area contributed by atoms with Gasteiger partial charge in [0, 0.05) is 40.0 Å². The van der Waals surface area contributed by atoms with E-state index in [1.54, 1.807) is 19.5 Å². The maximum atomic E-state index is 5.39. The summed E-state index contributed by atoms with van der Waals surface area (Å²) in [5, 5.41) is 1.02. The summed E-state index contributed by atoms with van der Waals surface area (Å²) in [7, 11) is 1.70. The van der Waals surface area contributed by atoms with Gasteiger partial charge in [0.2, 0.25) is 0 Å². The van der Waals surface area contributed by atoms with Crippen molar-refractivity contribution < 1.29 is 4.74 Å². The molecule has 28 heavy (non-hydrogen) atoms. The summed E-state index contributed by atoms with van der Waals surface area (Å²) in [5.74, 6) is 2.47. The fourth-order valence-corrected chi connectivity index (χ4v) is 4.00. The van der Waals surface area contributed by atoms with Crippen LogP contribution >= 0.6 is 15.9 Å². The van der Waals surface area contributed by atoms with Crippen molar-refractivity contribution in [2.24, 2.45) is 0 Å². The number of benzene rings is 2. The van der Waals surface area contributed by atoms with Crippen LogP contribution in [0.5, 0.6) is 5.75 Å². The molecule has 5 rings (SSSR count). The fourth-order valence-electron chi connectivity index (χ4n) is 3.64. The highest BCUT2D eigenvalue weighted by molar-refractivity contribution is 9.10. The molecule has 3 heterocycles. The van der Waals surface area contributed by atoms with Gasteiger partial charge in [0.25, 0.3) is 0 Å². The van der Waals surface area contributed by atoms with E-state index >= 15 is 0 Å². The van der Waals surface area contributed by atoms with Crippen molar-refractivity contribution >= 4 is 38.3 Å². The molecular formula is C22H17BrN4O. The molecule has 0 bridgehead atoms. The van der Waals surface area contributed by atoms with Crippen molar-refractivity contribution in [1.82, 2.24) is 15.0 Å². The molecule has 0 saturated carbocycles. The maximum absolute atomic E-state index is 5.39. The van der Waals surface area contributed by atoms with Crippen molar-refractivity contribution in [3.63, 3.8) is 0 Å². The number of fused-ring (bicyclic) bond motifs is 2. The molecule has 0 unspecified atom stereocenters. The lowest BCUT2D eigenvalue weighted by Gasteiger charge is -2.21. The number of pyridine rings is 1. The summed E-state index contributed by atoms with van der Waals surface area (Å²) in [6.45, 7) is 0.869. The van der Waals surface area contributed by atoms with E-state index in [0.717, 1.165) is 51.2 Å². The molecule has 0 saturated heterocycles. The molecule has 0 radical (unpaired) electrons. The van der Waals surface area contributed by atoms with Gasteiger partial charge in [-0.2, -0.15) is 0 Å². The minimum Gasteiger partial charge on any atom is -0.497 e. The molecule has 0 N–H and O–H groups in total. The van der Waals surface area contributed by atoms with Gasteiger partial charge < -0.3 is 9.64 Å². The number of hydrogen-bond acceptors (Lipinski definition) is 5. The molecule has 2 aromatic heterocycles. The lowest BCUT2D eigenvalue weighted by Crippen LogP contribution is -2.16. The SMILES string of the molecule is COc1ccc2c(c1)CCN2c1nc(-c2cccnc2)nc2ccc(Br)cc12. The van der Waals surface area contributed by atoms with Gasteiger partial charge in [0.15, 0.2) is 5.82 Å². The number of aromatic nitrogens is 3. The average Bonchev–Trinajstić information content (AvgIpc) is 3.16. The van der Waals surface area contributed by atoms with Gasteiger partial charge in [-0.25, -0.2) is 9.97 Å². The summed E-state index contributed by atoms with van der Waals surface area (Å²) in [6.07, 6.45) is 4.51. The monoisotopic (exact) mass is 432 g/mol. The van der Waals surface area contributed by atoms with Crippen LogP contribution in [0.15, 0.2) is 65.4 Å². The van der Waals surface area contributed by atoms with Crippen molar-refractivity contribution in [3.05, 3.63) is 71.0 Å². The number of methoxy groups -OCH3 is 1. The second kappa shape index (κ2) is 6.87. The number of anilines is 2. The molecule has 0 amide bonds. The number of nitrogens with zero attached hydrogens (tertiary/aromatic N) is 4. The molecule has 1 aliphatic rings. The molecule has 0 atom stereocenters. The van der Waals surface area contributed by atoms with Crippen molar-refractivity contribution in [2.45, 2.75) is 6.42 Å². The van der Waals surface area contributed by atoms with E-state index in [-0.39, 0.29) is 0 Å². The Hall–Kier alpha value is -2.99. The van der Waals surface area contributed by atoms with Crippen LogP contribution in [-0.2, 0) is 6.42 Å². The van der Waals surface area contributed by atoms with Crippen LogP contribution < -0.4 is 9.64 Å². The third-order valence-electron chi connectivity index (χ3n) is 5.00. The normalized spacial score (nSPS) is 13.0. The van der Waals surface area contributed by atoms with E-state index < -0.39 is 0 Å². The molecule has 2 aromatic carbocycles. The Labute approximate surface area is 171 Å². The van der Waals surface area contributed by atoms with E-state index in [1.807, 2.05) is 30.3 Å². The van der Waals surface area contributed by atoms with Crippen LogP contribution in [0.2, 0.25) is 0 Å². The lowest BCUT2D eigenvalue weighted by molar-refractivity contribution is 0.414. The van der Waals surface area contributed by atoms with E-state index in [0.29, 0.717) is 5.82 Å². The van der Waals surface area contributed by atoms with Crippen LogP contribution in [0, 0.1) is 0 Å². The smallest absolute Gasteiger partial charge is 0.163 e. The fraction of sp³-hybridized carbons (Fsp3) is 0.136. The largest absolute Gasteiger partial charge is 0.497 e. The first-order valence-corrected chi connectivity index (χ1v) is 9.84. The Morgan fingerprint density at radius 3 is 2.82 bits per heavy atom. The minimum absolute atomic E-state index is 0.680. The van der Waals surface area contributed by atoms with Crippen LogP contribution in [0.1, 0.15) is 5.56 Å². The predicted octanol–water partition coefficient (Wildman–Crippen LogP) is 5.16. The third kappa shape index (κ3) is 2.90. The quantitative estimate of drug-likeness (QED) is 0.447. The molecule has 1 aliphatic heterocycles. The predicted molar refractivity (Wildman–Crippen MR) is 114 cm³/mol. The first kappa shape index (κ1) is 17.1. The van der Waals surface area contributed by atoms with Gasteiger partial charge in [-0.05, 0) is 60.5 Å². The maximum Gasteiger partial charge on any atom is 0.163 e. The lowest BCUT2D eigenvalue weighted by atomic mass is 10.1. The highest BCUT2D eigenvalue weighted by Crippen LogP contribution is 2.39. The number of ether oxygens (including phenoxy) is 1. The standard InChI is InChI=1S/C22H17BrN4O/c1-28-17-5-7-20-14(11-17)8-10-27(20)22-18-12-16(23)4-6-19(18)25-21(26-22)15-3-2-9-24-13-15/h2-7,9,11-13H,8,10H2,1H3. The summed E-state index contributed by atoms with van der Waals surface area (Å²) >= 11 is 3.59. The zero-order valence-corrected chi connectivity index (χ0v) is 16.8. The highest BCUT2D eigenvalue weighted by atomic mass is 79.9. The average molecular weight is 433 g/mol. The van der Waals surface area contributed by atoms with E-state index in [2.05, 4.69) is 44.0 Å². The van der Waals surface area contributed by atoms with Gasteiger partial charge in [0.05, 0.1) is 12.6 Å². The number of rotatable bonds is 3. The number of halogens is 1. The Morgan fingerprint density at radius 2 is 2.00 bits per heavy atom. The Balaban J connectivity index is 1.72. The van der Waals surface area contributed by atoms with Crippen molar-refractivity contribution in [1.29, 1.82) is 0 Å². The zero-order chi connectivity index (χ0) is 19.1. The summed E-state index contributed by atoms with van der Waals surface area (Å²) in [6, 6.07) is 16.2. The second-order valence-electron chi connectivity index (χ2n) is 6.67. The van der Waals surface area contributed by atoms with Gasteiger partial charge in [-0.1, -0.05) is 15.9 Å². The number of hydrogen-bond donors (Lipinski definition) is 0. The molecule has 138 valence electrons. The first-order chi connectivity index (χ1) is 13.7. The van der Waals surface area contributed by atoms with Crippen molar-refractivity contribution in [2.75, 3.05) is 18.6 Å². The Bertz CT molecular complexity index is 1180. The Morgan fingerprint density at radius 1 is 1.07 bits per heavy atom. The Kier molecular flexibility index (Phi) is 4.20. The van der Waals surface area contributed by atoms with Gasteiger partial charge in [-0.15, -0.1) is 0 Å². The highest BCUT2D eigenvalue weighted by Gasteiger charge is 2.25. The van der Waals surface area contributed by atoms with Crippen molar-refractivity contribution in [3.8, 4) is 17.1 Å². The van der Waals surface area contributed by atoms with Gasteiger partial charge >= 0.3 is 0 Å². The molecule has 0 spiro atoms. The molecule has 4 aromatic rings. The van der Waals surface area contributed by atoms with E-state index in [4.69, 9.17) is 14.7 Å². The van der Waals surface area contributed by atoms with Crippen LogP contribution in [0.25, 0.3) is 22.3 Å². The summed E-state index contributed by atoms with van der Waals surface area (Å²) < 4.78 is 6.39. The molecule has 6 heteroatoms. The topological polar surface area (TPSA) is 51.1 Å². The van der Waals surface area contributed by atoms with Gasteiger partial charge in [0.1, 0.15) is 11.6 Å². The van der Waals surface area contributed by atoms with Crippen LogP contribution in [0.4, 0.5) is 11.5 Å². The summed E-state index contributed by atoms with van der Waals surface area (Å²) in [4.78, 5) is 16.2. The molecule has 0 aliphatic carbocycles. The van der Waals surface area contributed by atoms with E-state index in [9.17, 15) is 0 Å². The molecule has 0 fully saturated rings. The second-order valence-corrected chi connectivity index (χ2v) is 7.59. The van der Waals surface area contributed by atoms with Crippen LogP contribution in [0.3, 0.4) is 0 Å².